The van der Waals surface area contributed by atoms with Crippen LogP contribution in [0.15, 0.2) is 121 Å². The molecule has 2 bridgehead atoms. The Morgan fingerprint density at radius 1 is 0.475 bits per heavy atom. The Kier molecular flexibility index (Phi) is 7.18. The zero-order chi connectivity index (χ0) is 27.2. The third kappa shape index (κ3) is 3.91. The molecule has 0 saturated heterocycles. The van der Waals surface area contributed by atoms with Crippen LogP contribution >= 0.6 is 18.9 Å². The maximum absolute atomic E-state index is 6.71. The van der Waals surface area contributed by atoms with Crippen molar-refractivity contribution in [3.05, 3.63) is 144 Å². The quantitative estimate of drug-likeness (QED) is 0.199. The van der Waals surface area contributed by atoms with Gasteiger partial charge in [-0.15, -0.1) is 0 Å². The van der Waals surface area contributed by atoms with Gasteiger partial charge in [0.1, 0.15) is 11.2 Å². The van der Waals surface area contributed by atoms with Gasteiger partial charge in [0, 0.05) is 30.8 Å². The Labute approximate surface area is 243 Å². The van der Waals surface area contributed by atoms with E-state index in [1.54, 1.807) is 0 Å². The van der Waals surface area contributed by atoms with Crippen molar-refractivity contribution in [3.8, 4) is 0 Å². The van der Waals surface area contributed by atoms with Gasteiger partial charge in [0.2, 0.25) is 0 Å². The third-order valence-corrected chi connectivity index (χ3v) is 11.5. The fraction of sp³-hybridized carbons (Fsp3) is 0.333. The van der Waals surface area contributed by atoms with Gasteiger partial charge in [0.15, 0.2) is 0 Å². The summed E-state index contributed by atoms with van der Waals surface area (Å²) in [5.41, 5.74) is 3.99. The van der Waals surface area contributed by atoms with Crippen LogP contribution in [0, 0.1) is 35.5 Å². The van der Waals surface area contributed by atoms with E-state index in [2.05, 4.69) is 140 Å². The average molecular weight is 565 g/mol. The fourth-order valence-corrected chi connectivity index (χ4v) is 10.3. The second kappa shape index (κ2) is 10.8. The minimum absolute atomic E-state index is 0.381. The molecule has 0 amide bonds. The van der Waals surface area contributed by atoms with E-state index in [0.717, 1.165) is 11.8 Å². The van der Waals surface area contributed by atoms with Gasteiger partial charge in [0.05, 0.1) is 0 Å². The molecule has 0 aliphatic heterocycles. The van der Waals surface area contributed by atoms with E-state index in [-0.39, 0.29) is 0 Å². The predicted molar refractivity (Wildman–Crippen MR) is 168 cm³/mol. The molecule has 4 aromatic rings. The first-order chi connectivity index (χ1) is 19.7. The second-order valence-electron chi connectivity index (χ2n) is 12.1. The van der Waals surface area contributed by atoms with Gasteiger partial charge >= 0.3 is 0 Å². The highest BCUT2D eigenvalue weighted by Gasteiger charge is 2.65. The molecule has 3 aliphatic rings. The Bertz CT molecular complexity index is 1330. The molecule has 0 radical (unpaired) electrons. The van der Waals surface area contributed by atoms with E-state index in [4.69, 9.17) is 9.05 Å². The van der Waals surface area contributed by atoms with Crippen LogP contribution in [0.25, 0.3) is 0 Å². The number of rotatable bonds is 8. The van der Waals surface area contributed by atoms with Crippen LogP contribution in [-0.4, -0.2) is 0 Å². The number of hydrogen-bond acceptors (Lipinski definition) is 2. The molecule has 0 spiro atoms. The Hall–Kier alpha value is -2.34. The smallest absolute Gasteiger partial charge is 0.125 e. The zero-order valence-electron chi connectivity index (χ0n) is 22.8. The van der Waals surface area contributed by atoms with E-state index in [9.17, 15) is 0 Å². The zero-order valence-corrected chi connectivity index (χ0v) is 25.1. The Morgan fingerprint density at radius 3 is 1.27 bits per heavy atom. The van der Waals surface area contributed by atoms with Crippen molar-refractivity contribution in [1.29, 1.82) is 0 Å². The van der Waals surface area contributed by atoms with Crippen molar-refractivity contribution in [2.24, 2.45) is 35.5 Å². The first-order valence-corrected chi connectivity index (χ1v) is 15.7. The number of benzene rings is 4. The van der Waals surface area contributed by atoms with Crippen molar-refractivity contribution < 1.29 is 9.05 Å². The topological polar surface area (TPSA) is 18.5 Å². The highest BCUT2D eigenvalue weighted by molar-refractivity contribution is 7.10. The van der Waals surface area contributed by atoms with Crippen LogP contribution in [0.4, 0.5) is 0 Å². The summed E-state index contributed by atoms with van der Waals surface area (Å²) in [6.07, 6.45) is 4.95. The molecule has 0 heterocycles. The summed E-state index contributed by atoms with van der Waals surface area (Å²) < 4.78 is 13.4. The van der Waals surface area contributed by atoms with Crippen LogP contribution < -0.4 is 0 Å². The van der Waals surface area contributed by atoms with E-state index >= 15 is 0 Å². The van der Waals surface area contributed by atoms with Crippen molar-refractivity contribution in [1.82, 2.24) is 0 Å². The summed E-state index contributed by atoms with van der Waals surface area (Å²) in [5, 5.41) is 0. The summed E-state index contributed by atoms with van der Waals surface area (Å²) in [7, 11) is 5.36. The van der Waals surface area contributed by atoms with E-state index in [1.807, 2.05) is 0 Å². The van der Waals surface area contributed by atoms with Crippen molar-refractivity contribution >= 4 is 18.9 Å². The summed E-state index contributed by atoms with van der Waals surface area (Å²) in [4.78, 5) is 0. The van der Waals surface area contributed by atoms with Gasteiger partial charge in [0.25, 0.3) is 0 Å². The summed E-state index contributed by atoms with van der Waals surface area (Å²) in [5.74, 6) is 3.35. The number of hydrogen-bond donors (Lipinski definition) is 0. The van der Waals surface area contributed by atoms with E-state index in [1.165, 1.54) is 47.9 Å². The molecule has 3 aliphatic carbocycles. The summed E-state index contributed by atoms with van der Waals surface area (Å²) in [6, 6.07) is 43.8. The maximum atomic E-state index is 6.71. The second-order valence-corrected chi connectivity index (χ2v) is 12.6. The molecule has 3 saturated carbocycles. The Morgan fingerprint density at radius 2 is 0.875 bits per heavy atom. The molecule has 3 fully saturated rings. The molecule has 40 heavy (non-hydrogen) atoms. The van der Waals surface area contributed by atoms with Gasteiger partial charge in [-0.2, -0.15) is 0 Å². The predicted octanol–water partition coefficient (Wildman–Crippen LogP) is 8.79. The van der Waals surface area contributed by atoms with Crippen LogP contribution in [0.5, 0.6) is 0 Å². The third-order valence-electron chi connectivity index (χ3n) is 10.7. The molecular weight excluding hydrogens is 526 g/mol. The van der Waals surface area contributed by atoms with Gasteiger partial charge in [-0.3, -0.25) is 0 Å². The van der Waals surface area contributed by atoms with E-state index in [0.29, 0.717) is 23.7 Å². The van der Waals surface area contributed by atoms with Crippen molar-refractivity contribution in [2.75, 3.05) is 0 Å². The van der Waals surface area contributed by atoms with Crippen LogP contribution in [-0.2, 0) is 20.2 Å². The maximum Gasteiger partial charge on any atom is 0.125 e. The standard InChI is InChI=1S/C36H38O2P2/c39-37-35(26-13-5-1-6-14-26,27-15-7-2-8-16-27)32-22-21-30-25-23-31(34(30)32)33(24-25)36(38-40,28-17-9-3-10-18-28)29-19-11-4-12-20-29/h1-20,25,30-34H,21-24,39-40H2/t25-,30+,31+,32-,33-,34+/m0/s1. The molecule has 2 unspecified atom stereocenters. The summed E-state index contributed by atoms with van der Waals surface area (Å²) >= 11 is 0. The molecule has 0 N–H and O–H groups in total. The minimum atomic E-state index is -0.508. The van der Waals surface area contributed by atoms with Gasteiger partial charge in [-0.25, -0.2) is 0 Å². The van der Waals surface area contributed by atoms with Crippen LogP contribution in [0.2, 0.25) is 0 Å². The lowest BCUT2D eigenvalue weighted by atomic mass is 9.60. The van der Waals surface area contributed by atoms with E-state index < -0.39 is 11.2 Å². The molecule has 204 valence electrons. The van der Waals surface area contributed by atoms with Gasteiger partial charge in [-0.05, 0) is 71.6 Å². The SMILES string of the molecule is POC(c1ccccc1)(c1ccccc1)[C@H]1C[C@@H]2C[C@H]1[C@H]1[C@@H]2CC[C@@H]1C(OP)(c1ccccc1)c1ccccc1. The lowest BCUT2D eigenvalue weighted by Gasteiger charge is -2.49. The lowest BCUT2D eigenvalue weighted by Crippen LogP contribution is -2.47. The normalized spacial score (nSPS) is 27.6. The highest BCUT2D eigenvalue weighted by Crippen LogP contribution is 2.70. The molecule has 8 atom stereocenters. The monoisotopic (exact) mass is 564 g/mol. The molecule has 4 aromatic carbocycles. The van der Waals surface area contributed by atoms with Crippen LogP contribution in [0.1, 0.15) is 47.9 Å². The van der Waals surface area contributed by atoms with Crippen LogP contribution in [0.3, 0.4) is 0 Å². The molecule has 4 heteroatoms. The first-order valence-electron chi connectivity index (χ1n) is 14.7. The molecular formula is C36H38O2P2. The largest absolute Gasteiger partial charge is 0.350 e. The number of fused-ring (bicyclic) bond motifs is 5. The molecule has 0 aromatic heterocycles. The first kappa shape index (κ1) is 26.6. The molecule has 7 rings (SSSR count). The van der Waals surface area contributed by atoms with Gasteiger partial charge < -0.3 is 9.05 Å². The van der Waals surface area contributed by atoms with Crippen molar-refractivity contribution in [2.45, 2.75) is 36.9 Å². The minimum Gasteiger partial charge on any atom is -0.350 e. The lowest BCUT2D eigenvalue weighted by molar-refractivity contribution is -0.0335. The summed E-state index contributed by atoms with van der Waals surface area (Å²) in [6.45, 7) is 0. The Balaban J connectivity index is 1.37. The van der Waals surface area contributed by atoms with Gasteiger partial charge in [-0.1, -0.05) is 121 Å². The molecule has 2 nitrogen and oxygen atoms in total. The average Bonchev–Trinajstić information content (AvgIpc) is 3.75. The van der Waals surface area contributed by atoms with Crippen molar-refractivity contribution in [3.63, 3.8) is 0 Å². The fourth-order valence-electron chi connectivity index (χ4n) is 9.43. The highest BCUT2D eigenvalue weighted by atomic mass is 31.0.